The summed E-state index contributed by atoms with van der Waals surface area (Å²) >= 11 is 1.38. The van der Waals surface area contributed by atoms with Crippen molar-refractivity contribution in [3.8, 4) is 0 Å². The third-order valence-corrected chi connectivity index (χ3v) is 7.09. The van der Waals surface area contributed by atoms with E-state index < -0.39 is 32.8 Å². The first kappa shape index (κ1) is 22.1. The fourth-order valence-electron chi connectivity index (χ4n) is 2.80. The van der Waals surface area contributed by atoms with Gasteiger partial charge in [-0.1, -0.05) is 12.1 Å². The number of benzene rings is 1. The SMILES string of the molecule is Cc1sc2nc(C(C)OC(=O)CCNS(=O)(=O)c3ccccc3F)[nH]c(=O)c2c1C. The molecule has 1 unspecified atom stereocenters. The molecule has 0 aliphatic rings. The highest BCUT2D eigenvalue weighted by atomic mass is 32.2. The van der Waals surface area contributed by atoms with Gasteiger partial charge >= 0.3 is 5.97 Å². The molecular weight excluding hydrogens is 433 g/mol. The van der Waals surface area contributed by atoms with E-state index in [1.54, 1.807) is 6.92 Å². The second kappa shape index (κ2) is 8.62. The van der Waals surface area contributed by atoms with E-state index in [4.69, 9.17) is 4.74 Å². The van der Waals surface area contributed by atoms with Gasteiger partial charge in [-0.25, -0.2) is 22.5 Å². The molecule has 11 heteroatoms. The van der Waals surface area contributed by atoms with Crippen LogP contribution in [-0.4, -0.2) is 30.9 Å². The number of thiophene rings is 1. The maximum Gasteiger partial charge on any atom is 0.307 e. The number of carbonyl (C=O) groups is 1. The molecule has 30 heavy (non-hydrogen) atoms. The second-order valence-electron chi connectivity index (χ2n) is 6.62. The van der Waals surface area contributed by atoms with E-state index in [-0.39, 0.29) is 24.3 Å². The van der Waals surface area contributed by atoms with Crippen LogP contribution in [0.25, 0.3) is 10.2 Å². The van der Waals surface area contributed by atoms with Crippen LogP contribution >= 0.6 is 11.3 Å². The van der Waals surface area contributed by atoms with Crippen LogP contribution in [0.4, 0.5) is 4.39 Å². The number of fused-ring (bicyclic) bond motifs is 1. The fraction of sp³-hybridized carbons (Fsp3) is 0.316. The normalized spacial score (nSPS) is 12.8. The lowest BCUT2D eigenvalue weighted by Crippen LogP contribution is -2.28. The Morgan fingerprint density at radius 1 is 1.33 bits per heavy atom. The second-order valence-corrected chi connectivity index (χ2v) is 9.56. The first-order valence-corrected chi connectivity index (χ1v) is 11.3. The average Bonchev–Trinajstić information content (AvgIpc) is 2.96. The summed E-state index contributed by atoms with van der Waals surface area (Å²) in [6, 6.07) is 4.94. The van der Waals surface area contributed by atoms with Gasteiger partial charge in [0, 0.05) is 11.4 Å². The minimum atomic E-state index is -4.09. The minimum Gasteiger partial charge on any atom is -0.454 e. The number of aromatic nitrogens is 2. The van der Waals surface area contributed by atoms with Crippen molar-refractivity contribution in [1.82, 2.24) is 14.7 Å². The molecule has 0 bridgehead atoms. The highest BCUT2D eigenvalue weighted by Crippen LogP contribution is 2.27. The molecule has 2 heterocycles. The summed E-state index contributed by atoms with van der Waals surface area (Å²) in [4.78, 5) is 32.4. The zero-order valence-corrected chi connectivity index (χ0v) is 18.1. The number of hydrogen-bond acceptors (Lipinski definition) is 7. The largest absolute Gasteiger partial charge is 0.454 e. The number of rotatable bonds is 7. The molecule has 0 saturated heterocycles. The molecule has 2 N–H and O–H groups in total. The summed E-state index contributed by atoms with van der Waals surface area (Å²) in [5.74, 6) is -1.38. The van der Waals surface area contributed by atoms with Crippen molar-refractivity contribution < 1.29 is 22.3 Å². The van der Waals surface area contributed by atoms with Crippen molar-refractivity contribution in [3.05, 3.63) is 56.7 Å². The van der Waals surface area contributed by atoms with Gasteiger partial charge in [0.1, 0.15) is 15.5 Å². The van der Waals surface area contributed by atoms with Crippen LogP contribution in [0.5, 0.6) is 0 Å². The topological polar surface area (TPSA) is 118 Å². The van der Waals surface area contributed by atoms with Crippen molar-refractivity contribution in [2.45, 2.75) is 38.2 Å². The molecule has 0 aliphatic heterocycles. The van der Waals surface area contributed by atoms with Crippen molar-refractivity contribution in [1.29, 1.82) is 0 Å². The summed E-state index contributed by atoms with van der Waals surface area (Å²) in [7, 11) is -4.09. The molecule has 0 radical (unpaired) electrons. The highest BCUT2D eigenvalue weighted by Gasteiger charge is 2.20. The third-order valence-electron chi connectivity index (χ3n) is 4.50. The number of carbonyl (C=O) groups excluding carboxylic acids is 1. The number of ether oxygens (including phenoxy) is 1. The monoisotopic (exact) mass is 453 g/mol. The quantitative estimate of drug-likeness (QED) is 0.531. The summed E-state index contributed by atoms with van der Waals surface area (Å²) in [6.07, 6.45) is -1.11. The molecule has 1 aromatic carbocycles. The van der Waals surface area contributed by atoms with Crippen molar-refractivity contribution >= 4 is 37.5 Å². The Morgan fingerprint density at radius 2 is 2.03 bits per heavy atom. The van der Waals surface area contributed by atoms with E-state index in [2.05, 4.69) is 14.7 Å². The molecule has 0 saturated carbocycles. The predicted octanol–water partition coefficient (Wildman–Crippen LogP) is 2.71. The molecule has 2 aromatic heterocycles. The fourth-order valence-corrected chi connectivity index (χ4v) is 4.95. The Kier molecular flexibility index (Phi) is 6.34. The van der Waals surface area contributed by atoms with E-state index in [9.17, 15) is 22.4 Å². The first-order chi connectivity index (χ1) is 14.1. The first-order valence-electron chi connectivity index (χ1n) is 9.03. The standard InChI is InChI=1S/C19H20FN3O5S2/c1-10-12(3)29-19-16(10)18(25)22-17(23-19)11(2)28-15(24)8-9-21-30(26,27)14-7-5-4-6-13(14)20/h4-7,11,21H,8-9H2,1-3H3,(H,22,23,25). The molecule has 0 aliphatic carbocycles. The number of esters is 1. The van der Waals surface area contributed by atoms with Gasteiger partial charge in [-0.3, -0.25) is 9.59 Å². The number of aryl methyl sites for hydroxylation is 2. The van der Waals surface area contributed by atoms with Gasteiger partial charge < -0.3 is 9.72 Å². The molecule has 160 valence electrons. The average molecular weight is 454 g/mol. The lowest BCUT2D eigenvalue weighted by Gasteiger charge is -2.13. The highest BCUT2D eigenvalue weighted by molar-refractivity contribution is 7.89. The number of H-pyrrole nitrogens is 1. The summed E-state index contributed by atoms with van der Waals surface area (Å²) in [6.45, 7) is 5.02. The maximum absolute atomic E-state index is 13.7. The Labute approximate surface area is 176 Å². The van der Waals surface area contributed by atoms with Gasteiger partial charge in [0.25, 0.3) is 5.56 Å². The lowest BCUT2D eigenvalue weighted by molar-refractivity contribution is -0.148. The smallest absolute Gasteiger partial charge is 0.307 e. The van der Waals surface area contributed by atoms with Crippen LogP contribution in [0.3, 0.4) is 0 Å². The predicted molar refractivity (Wildman–Crippen MR) is 110 cm³/mol. The summed E-state index contributed by atoms with van der Waals surface area (Å²) in [5.41, 5.74) is 0.555. The lowest BCUT2D eigenvalue weighted by atomic mass is 10.2. The van der Waals surface area contributed by atoms with E-state index >= 15 is 0 Å². The minimum absolute atomic E-state index is 0.203. The van der Waals surface area contributed by atoms with E-state index in [0.29, 0.717) is 10.2 Å². The van der Waals surface area contributed by atoms with Gasteiger partial charge in [0.2, 0.25) is 10.0 Å². The van der Waals surface area contributed by atoms with E-state index in [1.165, 1.54) is 23.5 Å². The Morgan fingerprint density at radius 3 is 2.73 bits per heavy atom. The number of nitrogens with zero attached hydrogens (tertiary/aromatic N) is 1. The van der Waals surface area contributed by atoms with Crippen molar-refractivity contribution in [2.75, 3.05) is 6.54 Å². The van der Waals surface area contributed by atoms with Crippen molar-refractivity contribution in [3.63, 3.8) is 0 Å². The summed E-state index contributed by atoms with van der Waals surface area (Å²) in [5, 5.41) is 0.516. The van der Waals surface area contributed by atoms with E-state index in [0.717, 1.165) is 22.6 Å². The summed E-state index contributed by atoms with van der Waals surface area (Å²) < 4.78 is 45.3. The number of halogens is 1. The molecule has 0 fully saturated rings. The molecular formula is C19H20FN3O5S2. The maximum atomic E-state index is 13.7. The molecule has 8 nitrogen and oxygen atoms in total. The Hall–Kier alpha value is -2.63. The van der Waals surface area contributed by atoms with Crippen LogP contribution < -0.4 is 10.3 Å². The zero-order chi connectivity index (χ0) is 22.1. The number of sulfonamides is 1. The third kappa shape index (κ3) is 4.58. The Bertz CT molecular complexity index is 1270. The van der Waals surface area contributed by atoms with Crippen LogP contribution in [0, 0.1) is 19.7 Å². The molecule has 0 spiro atoms. The van der Waals surface area contributed by atoms with Crippen LogP contribution in [-0.2, 0) is 19.6 Å². The van der Waals surface area contributed by atoms with Gasteiger partial charge in [-0.2, -0.15) is 0 Å². The van der Waals surface area contributed by atoms with E-state index in [1.807, 2.05) is 13.8 Å². The molecule has 0 amide bonds. The van der Waals surface area contributed by atoms with Gasteiger partial charge in [0.15, 0.2) is 11.9 Å². The van der Waals surface area contributed by atoms with Crippen molar-refractivity contribution in [2.24, 2.45) is 0 Å². The van der Waals surface area contributed by atoms with Crippen LogP contribution in [0.15, 0.2) is 34.0 Å². The molecule has 1 atom stereocenters. The molecule has 3 aromatic rings. The zero-order valence-electron chi connectivity index (χ0n) is 16.5. The number of aromatic amines is 1. The van der Waals surface area contributed by atoms with Crippen LogP contribution in [0.1, 0.15) is 35.7 Å². The van der Waals surface area contributed by atoms with Gasteiger partial charge in [0.05, 0.1) is 11.8 Å². The number of hydrogen-bond donors (Lipinski definition) is 2. The van der Waals surface area contributed by atoms with Gasteiger partial charge in [-0.15, -0.1) is 11.3 Å². The number of nitrogens with one attached hydrogen (secondary N) is 2. The molecule has 3 rings (SSSR count). The van der Waals surface area contributed by atoms with Gasteiger partial charge in [-0.05, 0) is 38.5 Å². The Balaban J connectivity index is 1.62. The van der Waals surface area contributed by atoms with Crippen LogP contribution in [0.2, 0.25) is 0 Å².